The Balaban J connectivity index is 2.32. The van der Waals surface area contributed by atoms with Crippen LogP contribution >= 0.6 is 0 Å². The van der Waals surface area contributed by atoms with E-state index in [2.05, 4.69) is 17.2 Å². The Hall–Kier alpha value is -1.25. The van der Waals surface area contributed by atoms with Crippen LogP contribution in [0.3, 0.4) is 0 Å². The number of nitrogens with zero attached hydrogens (tertiary/aromatic N) is 1. The predicted molar refractivity (Wildman–Crippen MR) is 56.7 cm³/mol. The van der Waals surface area contributed by atoms with Gasteiger partial charge in [-0.05, 0) is 18.6 Å². The standard InChI is InChI=1S/C10H17N3/c1-2-3-4-7-12-9-6-5-8-13-10(9)11/h5-6,8,12H,2-4,7H2,1H3,(H2,11,13). The third-order valence-electron chi connectivity index (χ3n) is 1.93. The lowest BCUT2D eigenvalue weighted by atomic mass is 10.2. The molecule has 0 aliphatic heterocycles. The number of anilines is 2. The molecule has 1 rings (SSSR count). The number of hydrogen-bond donors (Lipinski definition) is 2. The van der Waals surface area contributed by atoms with Gasteiger partial charge in [-0.25, -0.2) is 4.98 Å². The second-order valence-electron chi connectivity index (χ2n) is 3.07. The normalized spacial score (nSPS) is 9.92. The van der Waals surface area contributed by atoms with Crippen LogP contribution in [0.25, 0.3) is 0 Å². The van der Waals surface area contributed by atoms with Crippen molar-refractivity contribution in [3.63, 3.8) is 0 Å². The van der Waals surface area contributed by atoms with E-state index in [1.165, 1.54) is 19.3 Å². The summed E-state index contributed by atoms with van der Waals surface area (Å²) in [5.74, 6) is 0.582. The zero-order valence-electron chi connectivity index (χ0n) is 8.09. The first-order valence-electron chi connectivity index (χ1n) is 4.79. The number of nitrogens with one attached hydrogen (secondary N) is 1. The van der Waals surface area contributed by atoms with Crippen molar-refractivity contribution in [3.8, 4) is 0 Å². The summed E-state index contributed by atoms with van der Waals surface area (Å²) in [6.45, 7) is 3.17. The topological polar surface area (TPSA) is 50.9 Å². The largest absolute Gasteiger partial charge is 0.382 e. The van der Waals surface area contributed by atoms with Gasteiger partial charge in [-0.1, -0.05) is 19.8 Å². The lowest BCUT2D eigenvalue weighted by Crippen LogP contribution is -2.04. The molecule has 0 aliphatic rings. The number of nitrogen functional groups attached to an aromatic ring is 1. The Morgan fingerprint density at radius 3 is 3.00 bits per heavy atom. The molecular weight excluding hydrogens is 162 g/mol. The predicted octanol–water partition coefficient (Wildman–Crippen LogP) is 2.27. The molecule has 1 aromatic rings. The Morgan fingerprint density at radius 2 is 2.31 bits per heavy atom. The molecule has 0 atom stereocenters. The van der Waals surface area contributed by atoms with E-state index in [9.17, 15) is 0 Å². The van der Waals surface area contributed by atoms with Crippen LogP contribution in [0.2, 0.25) is 0 Å². The molecule has 0 aromatic carbocycles. The molecule has 13 heavy (non-hydrogen) atoms. The first kappa shape index (κ1) is 9.84. The van der Waals surface area contributed by atoms with Gasteiger partial charge in [0.15, 0.2) is 0 Å². The first-order chi connectivity index (χ1) is 6.34. The Labute approximate surface area is 79.4 Å². The Morgan fingerprint density at radius 1 is 1.46 bits per heavy atom. The lowest BCUT2D eigenvalue weighted by Gasteiger charge is -2.06. The van der Waals surface area contributed by atoms with Crippen molar-refractivity contribution in [2.45, 2.75) is 26.2 Å². The highest BCUT2D eigenvalue weighted by Crippen LogP contribution is 2.13. The van der Waals surface area contributed by atoms with E-state index >= 15 is 0 Å². The van der Waals surface area contributed by atoms with Gasteiger partial charge in [0.1, 0.15) is 5.82 Å². The van der Waals surface area contributed by atoms with E-state index in [1.54, 1.807) is 6.20 Å². The molecule has 0 aliphatic carbocycles. The zero-order valence-corrected chi connectivity index (χ0v) is 8.09. The van der Waals surface area contributed by atoms with Crippen LogP contribution in [0.5, 0.6) is 0 Å². The smallest absolute Gasteiger partial charge is 0.146 e. The second kappa shape index (κ2) is 5.41. The molecule has 0 amide bonds. The molecule has 72 valence electrons. The van der Waals surface area contributed by atoms with Crippen LogP contribution in [-0.2, 0) is 0 Å². The molecule has 0 radical (unpaired) electrons. The maximum Gasteiger partial charge on any atom is 0.146 e. The van der Waals surface area contributed by atoms with Crippen molar-refractivity contribution in [1.82, 2.24) is 4.98 Å². The number of hydrogen-bond acceptors (Lipinski definition) is 3. The zero-order chi connectivity index (χ0) is 9.52. The van der Waals surface area contributed by atoms with Gasteiger partial charge in [-0.2, -0.15) is 0 Å². The van der Waals surface area contributed by atoms with Gasteiger partial charge in [0.25, 0.3) is 0 Å². The van der Waals surface area contributed by atoms with E-state index in [0.717, 1.165) is 12.2 Å². The average Bonchev–Trinajstić information content (AvgIpc) is 2.15. The third-order valence-corrected chi connectivity index (χ3v) is 1.93. The highest BCUT2D eigenvalue weighted by atomic mass is 14.9. The Bertz CT molecular complexity index is 248. The molecule has 3 nitrogen and oxygen atoms in total. The lowest BCUT2D eigenvalue weighted by molar-refractivity contribution is 0.744. The van der Waals surface area contributed by atoms with Crippen LogP contribution in [-0.4, -0.2) is 11.5 Å². The van der Waals surface area contributed by atoms with E-state index in [4.69, 9.17) is 5.73 Å². The van der Waals surface area contributed by atoms with Crippen molar-refractivity contribution < 1.29 is 0 Å². The average molecular weight is 179 g/mol. The summed E-state index contributed by atoms with van der Waals surface area (Å²) in [5.41, 5.74) is 6.60. The summed E-state index contributed by atoms with van der Waals surface area (Å²) >= 11 is 0. The van der Waals surface area contributed by atoms with Gasteiger partial charge in [-0.15, -0.1) is 0 Å². The summed E-state index contributed by atoms with van der Waals surface area (Å²) in [5, 5.41) is 3.26. The van der Waals surface area contributed by atoms with Crippen LogP contribution in [0.4, 0.5) is 11.5 Å². The molecule has 0 unspecified atom stereocenters. The summed E-state index contributed by atoms with van der Waals surface area (Å²) in [6, 6.07) is 3.84. The number of unbranched alkanes of at least 4 members (excludes halogenated alkanes) is 2. The summed E-state index contributed by atoms with van der Waals surface area (Å²) < 4.78 is 0. The molecule has 0 bridgehead atoms. The number of nitrogens with two attached hydrogens (primary N) is 1. The maximum atomic E-state index is 5.66. The summed E-state index contributed by atoms with van der Waals surface area (Å²) in [4.78, 5) is 3.99. The molecule has 3 heteroatoms. The van der Waals surface area contributed by atoms with Crippen LogP contribution in [0.1, 0.15) is 26.2 Å². The molecule has 3 N–H and O–H groups in total. The minimum Gasteiger partial charge on any atom is -0.382 e. The molecule has 1 aromatic heterocycles. The van der Waals surface area contributed by atoms with E-state index in [-0.39, 0.29) is 0 Å². The highest BCUT2D eigenvalue weighted by molar-refractivity contribution is 5.60. The fraction of sp³-hybridized carbons (Fsp3) is 0.500. The number of pyridine rings is 1. The van der Waals surface area contributed by atoms with E-state index in [1.807, 2.05) is 12.1 Å². The molecular formula is C10H17N3. The maximum absolute atomic E-state index is 5.66. The molecule has 0 fully saturated rings. The van der Waals surface area contributed by atoms with E-state index in [0.29, 0.717) is 5.82 Å². The van der Waals surface area contributed by atoms with Crippen molar-refractivity contribution in [3.05, 3.63) is 18.3 Å². The molecule has 0 saturated heterocycles. The van der Waals surface area contributed by atoms with Crippen molar-refractivity contribution >= 4 is 11.5 Å². The SMILES string of the molecule is CCCCCNc1cccnc1N. The quantitative estimate of drug-likeness (QED) is 0.682. The van der Waals surface area contributed by atoms with Gasteiger partial charge in [0.2, 0.25) is 0 Å². The van der Waals surface area contributed by atoms with E-state index < -0.39 is 0 Å². The van der Waals surface area contributed by atoms with Crippen molar-refractivity contribution in [2.75, 3.05) is 17.6 Å². The van der Waals surface area contributed by atoms with Crippen molar-refractivity contribution in [2.24, 2.45) is 0 Å². The number of rotatable bonds is 5. The summed E-state index contributed by atoms with van der Waals surface area (Å²) in [7, 11) is 0. The fourth-order valence-corrected chi connectivity index (χ4v) is 1.17. The van der Waals surface area contributed by atoms with Gasteiger partial charge in [-0.3, -0.25) is 0 Å². The highest BCUT2D eigenvalue weighted by Gasteiger charge is 1.95. The monoisotopic (exact) mass is 179 g/mol. The van der Waals surface area contributed by atoms with Gasteiger partial charge >= 0.3 is 0 Å². The van der Waals surface area contributed by atoms with Gasteiger partial charge < -0.3 is 11.1 Å². The van der Waals surface area contributed by atoms with Crippen LogP contribution in [0, 0.1) is 0 Å². The first-order valence-corrected chi connectivity index (χ1v) is 4.79. The molecule has 0 saturated carbocycles. The fourth-order valence-electron chi connectivity index (χ4n) is 1.17. The minimum absolute atomic E-state index is 0.582. The van der Waals surface area contributed by atoms with Crippen LogP contribution in [0.15, 0.2) is 18.3 Å². The molecule has 0 spiro atoms. The summed E-state index contributed by atoms with van der Waals surface area (Å²) in [6.07, 6.45) is 5.38. The molecule has 1 heterocycles. The minimum atomic E-state index is 0.582. The van der Waals surface area contributed by atoms with Gasteiger partial charge in [0.05, 0.1) is 5.69 Å². The van der Waals surface area contributed by atoms with Crippen LogP contribution < -0.4 is 11.1 Å². The van der Waals surface area contributed by atoms with Crippen molar-refractivity contribution in [1.29, 1.82) is 0 Å². The Kier molecular flexibility index (Phi) is 4.09. The third kappa shape index (κ3) is 3.32. The second-order valence-corrected chi connectivity index (χ2v) is 3.07. The number of aromatic nitrogens is 1. The van der Waals surface area contributed by atoms with Gasteiger partial charge in [0, 0.05) is 12.7 Å².